The number of amides is 2. The van der Waals surface area contributed by atoms with E-state index in [0.29, 0.717) is 60.8 Å². The first-order chi connectivity index (χ1) is 21.7. The van der Waals surface area contributed by atoms with Crippen molar-refractivity contribution in [2.45, 2.75) is 39.3 Å². The van der Waals surface area contributed by atoms with Crippen molar-refractivity contribution in [2.24, 2.45) is 0 Å². The second-order valence-corrected chi connectivity index (χ2v) is 12.1. The Morgan fingerprint density at radius 1 is 1.02 bits per heavy atom. The third kappa shape index (κ3) is 8.97. The molecular formula is C32H41F3N6O5. The molecule has 0 spiro atoms. The van der Waals surface area contributed by atoms with E-state index >= 15 is 0 Å². The molecule has 2 amide bonds. The number of benzene rings is 2. The topological polar surface area (TPSA) is 109 Å². The van der Waals surface area contributed by atoms with Crippen LogP contribution >= 0.6 is 0 Å². The van der Waals surface area contributed by atoms with E-state index in [1.807, 2.05) is 4.90 Å². The number of anilines is 2. The molecule has 3 aromatic rings. The van der Waals surface area contributed by atoms with Gasteiger partial charge in [-0.25, -0.2) is 22.9 Å². The van der Waals surface area contributed by atoms with Crippen molar-refractivity contribution in [1.82, 2.24) is 19.8 Å². The summed E-state index contributed by atoms with van der Waals surface area (Å²) in [5, 5.41) is 3.00. The van der Waals surface area contributed by atoms with Gasteiger partial charge in [-0.05, 0) is 39.8 Å². The van der Waals surface area contributed by atoms with Crippen LogP contribution in [0.25, 0.3) is 11.0 Å². The maximum Gasteiger partial charge on any atom is 0.410 e. The lowest BCUT2D eigenvalue weighted by atomic mass is 10.0. The van der Waals surface area contributed by atoms with Crippen molar-refractivity contribution in [3.63, 3.8) is 0 Å². The minimum atomic E-state index is -1.56. The Labute approximate surface area is 266 Å². The molecule has 2 aromatic carbocycles. The van der Waals surface area contributed by atoms with Crippen LogP contribution < -0.4 is 10.2 Å². The summed E-state index contributed by atoms with van der Waals surface area (Å²) in [5.41, 5.74) is 1.27. The Balaban J connectivity index is 1.50. The summed E-state index contributed by atoms with van der Waals surface area (Å²) in [6, 6.07) is 4.45. The van der Waals surface area contributed by atoms with E-state index in [2.05, 4.69) is 10.3 Å². The van der Waals surface area contributed by atoms with E-state index in [9.17, 15) is 22.8 Å². The smallest absolute Gasteiger partial charge is 0.410 e. The molecule has 1 fully saturated rings. The molecule has 1 N–H and O–H groups in total. The molecule has 250 valence electrons. The van der Waals surface area contributed by atoms with Crippen molar-refractivity contribution in [3.05, 3.63) is 59.0 Å². The summed E-state index contributed by atoms with van der Waals surface area (Å²) in [7, 11) is 3.26. The highest BCUT2D eigenvalue weighted by Gasteiger charge is 2.22. The van der Waals surface area contributed by atoms with Gasteiger partial charge in [-0.2, -0.15) is 0 Å². The number of aromatic nitrogens is 2. The zero-order valence-electron chi connectivity index (χ0n) is 27.0. The van der Waals surface area contributed by atoms with Gasteiger partial charge in [-0.1, -0.05) is 0 Å². The van der Waals surface area contributed by atoms with Crippen molar-refractivity contribution in [2.75, 3.05) is 76.9 Å². The van der Waals surface area contributed by atoms with Crippen LogP contribution in [-0.4, -0.2) is 104 Å². The summed E-state index contributed by atoms with van der Waals surface area (Å²) >= 11 is 0. The lowest BCUT2D eigenvalue weighted by Crippen LogP contribution is -2.36. The Kier molecular flexibility index (Phi) is 11.3. The summed E-state index contributed by atoms with van der Waals surface area (Å²) in [5.74, 6) is -3.87. The zero-order chi connectivity index (χ0) is 33.6. The fourth-order valence-electron chi connectivity index (χ4n) is 4.76. The van der Waals surface area contributed by atoms with Crippen LogP contribution in [0.3, 0.4) is 0 Å². The number of morpholine rings is 1. The second-order valence-electron chi connectivity index (χ2n) is 12.1. The second kappa shape index (κ2) is 14.9. The quantitative estimate of drug-likeness (QED) is 0.227. The monoisotopic (exact) mass is 646 g/mol. The summed E-state index contributed by atoms with van der Waals surface area (Å²) in [4.78, 5) is 40.1. The molecule has 1 unspecified atom stereocenters. The number of carbonyl (C=O) groups excluding carboxylic acids is 2. The number of nitrogens with zero attached hydrogens (tertiary/aromatic N) is 5. The van der Waals surface area contributed by atoms with Crippen molar-refractivity contribution in [1.29, 1.82) is 0 Å². The van der Waals surface area contributed by atoms with Gasteiger partial charge < -0.3 is 34.2 Å². The molecule has 0 radical (unpaired) electrons. The summed E-state index contributed by atoms with van der Waals surface area (Å²) in [6.45, 7) is 10.6. The molecule has 2 heterocycles. The largest absolute Gasteiger partial charge is 0.444 e. The molecule has 0 saturated carbocycles. The van der Waals surface area contributed by atoms with Crippen LogP contribution in [0.4, 0.5) is 29.5 Å². The minimum Gasteiger partial charge on any atom is -0.444 e. The maximum absolute atomic E-state index is 14.0. The highest BCUT2D eigenvalue weighted by Crippen LogP contribution is 2.30. The van der Waals surface area contributed by atoms with Crippen molar-refractivity contribution < 1.29 is 37.0 Å². The molecule has 46 heavy (non-hydrogen) atoms. The third-order valence-electron chi connectivity index (χ3n) is 7.27. The third-order valence-corrected chi connectivity index (χ3v) is 7.27. The Morgan fingerprint density at radius 3 is 2.28 bits per heavy atom. The highest BCUT2D eigenvalue weighted by molar-refractivity contribution is 5.98. The van der Waals surface area contributed by atoms with Crippen LogP contribution in [0.1, 0.15) is 49.7 Å². The Bertz CT molecular complexity index is 1520. The van der Waals surface area contributed by atoms with Crippen molar-refractivity contribution in [3.8, 4) is 0 Å². The van der Waals surface area contributed by atoms with Gasteiger partial charge in [0.1, 0.15) is 11.4 Å². The first-order valence-corrected chi connectivity index (χ1v) is 15.1. The van der Waals surface area contributed by atoms with Gasteiger partial charge in [0.05, 0.1) is 49.7 Å². The molecular weight excluding hydrogens is 605 g/mol. The van der Waals surface area contributed by atoms with Crippen LogP contribution in [0.5, 0.6) is 0 Å². The number of hydrogen-bond donors (Lipinski definition) is 1. The lowest BCUT2D eigenvalue weighted by molar-refractivity contribution is 0.0223. The Morgan fingerprint density at radius 2 is 1.65 bits per heavy atom. The van der Waals surface area contributed by atoms with Gasteiger partial charge in [-0.15, -0.1) is 0 Å². The van der Waals surface area contributed by atoms with E-state index in [1.54, 1.807) is 60.1 Å². The normalized spacial score (nSPS) is 14.2. The molecule has 4 rings (SSSR count). The molecule has 14 heteroatoms. The first kappa shape index (κ1) is 34.7. The van der Waals surface area contributed by atoms with Gasteiger partial charge >= 0.3 is 6.09 Å². The lowest BCUT2D eigenvalue weighted by Gasteiger charge is -2.28. The van der Waals surface area contributed by atoms with Crippen molar-refractivity contribution >= 4 is 34.5 Å². The van der Waals surface area contributed by atoms with Crippen LogP contribution in [0, 0.1) is 17.5 Å². The molecule has 1 saturated heterocycles. The number of likely N-dealkylation sites (N-methyl/N-ethyl adjacent to an activating group) is 2. The van der Waals surface area contributed by atoms with E-state index < -0.39 is 35.2 Å². The first-order valence-electron chi connectivity index (χ1n) is 15.1. The minimum absolute atomic E-state index is 0.0256. The molecule has 11 nitrogen and oxygen atoms in total. The summed E-state index contributed by atoms with van der Waals surface area (Å²) in [6.07, 6.45) is 1.19. The molecule has 1 aliphatic rings. The fraction of sp³-hybridized carbons (Fsp3) is 0.500. The molecule has 1 atom stereocenters. The number of hydrogen-bond acceptors (Lipinski definition) is 9. The molecule has 1 aromatic heterocycles. The average Bonchev–Trinajstić information content (AvgIpc) is 3.01. The number of fused-ring (bicyclic) bond motifs is 1. The van der Waals surface area contributed by atoms with E-state index in [4.69, 9.17) is 19.2 Å². The van der Waals surface area contributed by atoms with Gasteiger partial charge in [-0.3, -0.25) is 9.78 Å². The number of ether oxygens (including phenoxy) is 3. The van der Waals surface area contributed by atoms with E-state index in [-0.39, 0.29) is 31.4 Å². The predicted molar refractivity (Wildman–Crippen MR) is 168 cm³/mol. The highest BCUT2D eigenvalue weighted by atomic mass is 19.2. The number of rotatable bonds is 11. The number of carbonyl (C=O) groups is 2. The molecule has 0 aliphatic carbocycles. The predicted octanol–water partition coefficient (Wildman–Crippen LogP) is 5.01. The Hall–Kier alpha value is -4.17. The van der Waals surface area contributed by atoms with Gasteiger partial charge in [0.25, 0.3) is 5.91 Å². The molecule has 1 aliphatic heterocycles. The maximum atomic E-state index is 14.0. The van der Waals surface area contributed by atoms with Crippen LogP contribution in [-0.2, 0) is 14.2 Å². The van der Waals surface area contributed by atoms with Crippen LogP contribution in [0.15, 0.2) is 30.5 Å². The SMILES string of the molecule is CC(Nc1cc(F)c(F)c(F)c1)c1cc(C(=O)N(C)CCOCCN(C)C(=O)OC(C)(C)C)cc2ncc(N3CCOCC3)nc12. The number of halogens is 3. The zero-order valence-corrected chi connectivity index (χ0v) is 27.0. The summed E-state index contributed by atoms with van der Waals surface area (Å²) < 4.78 is 58.0. The fourth-order valence-corrected chi connectivity index (χ4v) is 4.76. The van der Waals surface area contributed by atoms with Gasteiger partial charge in [0.15, 0.2) is 17.5 Å². The average molecular weight is 647 g/mol. The molecule has 0 bridgehead atoms. The van der Waals surface area contributed by atoms with Gasteiger partial charge in [0, 0.05) is 69.2 Å². The standard InChI is InChI=1S/C32H41F3N6O5/c1-20(37-22-17-24(33)28(35)25(34)18-22)23-15-21(16-26-29(23)38-27(19-36-26)41-9-13-45-14-10-41)30(42)39(5)7-11-44-12-8-40(6)31(43)46-32(2,3)4/h15-20,37H,7-14H2,1-6H3. The van der Waals surface area contributed by atoms with Gasteiger partial charge in [0.2, 0.25) is 0 Å². The number of nitrogens with one attached hydrogen (secondary N) is 1. The van der Waals surface area contributed by atoms with E-state index in [0.717, 1.165) is 12.1 Å². The van der Waals surface area contributed by atoms with Crippen LogP contribution in [0.2, 0.25) is 0 Å². The van der Waals surface area contributed by atoms with E-state index in [1.165, 1.54) is 9.80 Å².